The highest BCUT2D eigenvalue weighted by molar-refractivity contribution is 7.99. The number of anilines is 1. The van der Waals surface area contributed by atoms with E-state index in [0.717, 1.165) is 37.9 Å². The topological polar surface area (TPSA) is 65.1 Å². The van der Waals surface area contributed by atoms with Crippen LogP contribution in [0.3, 0.4) is 0 Å². The molecule has 7 heteroatoms. The molecule has 1 aliphatic heterocycles. The predicted octanol–water partition coefficient (Wildman–Crippen LogP) is 0.206. The molecule has 0 bridgehead atoms. The minimum Gasteiger partial charge on any atom is -0.338 e. The van der Waals surface area contributed by atoms with Gasteiger partial charge in [0, 0.05) is 26.2 Å². The third-order valence-corrected chi connectivity index (χ3v) is 3.62. The van der Waals surface area contributed by atoms with Crippen LogP contribution in [-0.4, -0.2) is 63.7 Å². The lowest BCUT2D eigenvalue weighted by Crippen LogP contribution is -2.49. The van der Waals surface area contributed by atoms with E-state index < -0.39 is 0 Å². The van der Waals surface area contributed by atoms with Crippen molar-refractivity contribution in [2.24, 2.45) is 0 Å². The molecule has 1 aromatic rings. The van der Waals surface area contributed by atoms with Gasteiger partial charge in [0.15, 0.2) is 0 Å². The maximum absolute atomic E-state index is 11.8. The van der Waals surface area contributed by atoms with Crippen LogP contribution in [0.2, 0.25) is 0 Å². The van der Waals surface area contributed by atoms with Crippen molar-refractivity contribution >= 4 is 23.6 Å². The van der Waals surface area contributed by atoms with Crippen LogP contribution in [0.4, 0.5) is 5.95 Å². The predicted molar refractivity (Wildman–Crippen MR) is 68.2 cm³/mol. The van der Waals surface area contributed by atoms with Gasteiger partial charge >= 0.3 is 0 Å². The molecule has 94 valence electrons. The molecule has 1 N–H and O–H groups in total. The molecule has 0 unspecified atom stereocenters. The summed E-state index contributed by atoms with van der Waals surface area (Å²) in [5, 5.41) is 6.67. The van der Waals surface area contributed by atoms with E-state index in [1.54, 1.807) is 11.8 Å². The van der Waals surface area contributed by atoms with E-state index in [1.807, 2.05) is 4.90 Å². The van der Waals surface area contributed by atoms with E-state index in [2.05, 4.69) is 27.0 Å². The number of aromatic nitrogens is 3. The average Bonchev–Trinajstić information content (AvgIpc) is 2.90. The Hall–Kier alpha value is -1.24. The van der Waals surface area contributed by atoms with Crippen LogP contribution in [0, 0.1) is 0 Å². The number of piperazine rings is 1. The minimum atomic E-state index is 0.245. The van der Waals surface area contributed by atoms with Crippen molar-refractivity contribution in [2.45, 2.75) is 6.92 Å². The summed E-state index contributed by atoms with van der Waals surface area (Å²) in [6, 6.07) is 0. The summed E-state index contributed by atoms with van der Waals surface area (Å²) in [5.41, 5.74) is 0. The molecule has 0 radical (unpaired) electrons. The first-order valence-electron chi connectivity index (χ1n) is 5.77. The molecule has 0 saturated carbocycles. The number of nitrogens with zero attached hydrogens (tertiary/aromatic N) is 4. The molecule has 1 saturated heterocycles. The first kappa shape index (κ1) is 12.2. The Morgan fingerprint density at radius 1 is 1.47 bits per heavy atom. The number of thioether (sulfide) groups is 1. The van der Waals surface area contributed by atoms with Crippen molar-refractivity contribution in [2.75, 3.05) is 42.6 Å². The number of hydrogen-bond acceptors (Lipinski definition) is 5. The SMILES string of the molecule is CCSCC(=O)N1CCN(c2ncn[nH]2)CC1. The van der Waals surface area contributed by atoms with Crippen LogP contribution in [0.5, 0.6) is 0 Å². The second-order valence-corrected chi connectivity index (χ2v) is 5.09. The molecular weight excluding hydrogens is 238 g/mol. The quantitative estimate of drug-likeness (QED) is 0.833. The standard InChI is InChI=1S/C10H17N5OS/c1-2-17-7-9(16)14-3-5-15(6-4-14)10-11-8-12-13-10/h8H,2-7H2,1H3,(H,11,12,13). The molecule has 0 aliphatic carbocycles. The molecule has 1 aromatic heterocycles. The summed E-state index contributed by atoms with van der Waals surface area (Å²) in [7, 11) is 0. The number of nitrogens with one attached hydrogen (secondary N) is 1. The zero-order chi connectivity index (χ0) is 12.1. The van der Waals surface area contributed by atoms with Crippen LogP contribution in [0.25, 0.3) is 0 Å². The van der Waals surface area contributed by atoms with Crippen LogP contribution in [-0.2, 0) is 4.79 Å². The molecule has 1 aliphatic rings. The van der Waals surface area contributed by atoms with Gasteiger partial charge < -0.3 is 9.80 Å². The molecule has 17 heavy (non-hydrogen) atoms. The highest BCUT2D eigenvalue weighted by Gasteiger charge is 2.21. The Labute approximate surface area is 105 Å². The number of hydrogen-bond donors (Lipinski definition) is 1. The fourth-order valence-corrected chi connectivity index (χ4v) is 2.36. The Kier molecular flexibility index (Phi) is 4.24. The van der Waals surface area contributed by atoms with Crippen LogP contribution < -0.4 is 4.90 Å². The van der Waals surface area contributed by atoms with Gasteiger partial charge in [-0.2, -0.15) is 21.8 Å². The Bertz CT molecular complexity index is 348. The number of carbonyl (C=O) groups is 1. The molecule has 0 aromatic carbocycles. The number of carbonyl (C=O) groups excluding carboxylic acids is 1. The van der Waals surface area contributed by atoms with Gasteiger partial charge in [-0.25, -0.2) is 5.10 Å². The lowest BCUT2D eigenvalue weighted by molar-refractivity contribution is -0.128. The largest absolute Gasteiger partial charge is 0.338 e. The van der Waals surface area contributed by atoms with Gasteiger partial charge in [0.25, 0.3) is 0 Å². The smallest absolute Gasteiger partial charge is 0.232 e. The highest BCUT2D eigenvalue weighted by atomic mass is 32.2. The van der Waals surface area contributed by atoms with Gasteiger partial charge in [0.2, 0.25) is 11.9 Å². The zero-order valence-electron chi connectivity index (χ0n) is 9.93. The lowest BCUT2D eigenvalue weighted by atomic mass is 10.3. The van der Waals surface area contributed by atoms with Crippen LogP contribution in [0.1, 0.15) is 6.92 Å². The van der Waals surface area contributed by atoms with E-state index in [9.17, 15) is 4.79 Å². The van der Waals surface area contributed by atoms with Crippen molar-refractivity contribution in [1.82, 2.24) is 20.1 Å². The van der Waals surface area contributed by atoms with Crippen LogP contribution >= 0.6 is 11.8 Å². The fourth-order valence-electron chi connectivity index (χ4n) is 1.80. The third kappa shape index (κ3) is 3.12. The monoisotopic (exact) mass is 255 g/mol. The summed E-state index contributed by atoms with van der Waals surface area (Å²) in [6.07, 6.45) is 1.50. The van der Waals surface area contributed by atoms with E-state index >= 15 is 0 Å². The molecule has 6 nitrogen and oxygen atoms in total. The van der Waals surface area contributed by atoms with Crippen molar-refractivity contribution in [3.63, 3.8) is 0 Å². The van der Waals surface area contributed by atoms with E-state index in [-0.39, 0.29) is 5.91 Å². The Balaban J connectivity index is 1.80. The highest BCUT2D eigenvalue weighted by Crippen LogP contribution is 2.10. The van der Waals surface area contributed by atoms with Crippen molar-refractivity contribution in [1.29, 1.82) is 0 Å². The fraction of sp³-hybridized carbons (Fsp3) is 0.700. The van der Waals surface area contributed by atoms with Gasteiger partial charge in [0.1, 0.15) is 6.33 Å². The summed E-state index contributed by atoms with van der Waals surface area (Å²) in [5.74, 6) is 2.62. The number of amides is 1. The summed E-state index contributed by atoms with van der Waals surface area (Å²) in [4.78, 5) is 20.0. The summed E-state index contributed by atoms with van der Waals surface area (Å²) >= 11 is 1.68. The van der Waals surface area contributed by atoms with Gasteiger partial charge in [-0.15, -0.1) is 0 Å². The van der Waals surface area contributed by atoms with Crippen molar-refractivity contribution < 1.29 is 4.79 Å². The van der Waals surface area contributed by atoms with E-state index in [1.165, 1.54) is 6.33 Å². The molecular formula is C10H17N5OS. The molecule has 0 spiro atoms. The number of rotatable bonds is 4. The maximum atomic E-state index is 11.8. The summed E-state index contributed by atoms with van der Waals surface area (Å²) < 4.78 is 0. The van der Waals surface area contributed by atoms with Crippen molar-refractivity contribution in [3.05, 3.63) is 6.33 Å². The molecule has 2 heterocycles. The number of H-pyrrole nitrogens is 1. The lowest BCUT2D eigenvalue weighted by Gasteiger charge is -2.34. The normalized spacial score (nSPS) is 16.3. The maximum Gasteiger partial charge on any atom is 0.232 e. The van der Waals surface area contributed by atoms with Gasteiger partial charge in [-0.1, -0.05) is 6.92 Å². The Morgan fingerprint density at radius 3 is 2.82 bits per heavy atom. The zero-order valence-corrected chi connectivity index (χ0v) is 10.7. The van der Waals surface area contributed by atoms with Crippen molar-refractivity contribution in [3.8, 4) is 0 Å². The average molecular weight is 255 g/mol. The molecule has 2 rings (SSSR count). The van der Waals surface area contributed by atoms with E-state index in [0.29, 0.717) is 5.75 Å². The summed E-state index contributed by atoms with van der Waals surface area (Å²) in [6.45, 7) is 5.24. The van der Waals surface area contributed by atoms with Crippen LogP contribution in [0.15, 0.2) is 6.33 Å². The van der Waals surface area contributed by atoms with E-state index in [4.69, 9.17) is 0 Å². The second kappa shape index (κ2) is 5.90. The van der Waals surface area contributed by atoms with Gasteiger partial charge in [-0.05, 0) is 5.75 Å². The first-order valence-corrected chi connectivity index (χ1v) is 6.92. The molecule has 0 atom stereocenters. The minimum absolute atomic E-state index is 0.245. The number of aromatic amines is 1. The molecule has 1 fully saturated rings. The first-order chi connectivity index (χ1) is 8.31. The third-order valence-electron chi connectivity index (χ3n) is 2.76. The molecule has 1 amide bonds. The van der Waals surface area contributed by atoms with Gasteiger partial charge in [-0.3, -0.25) is 4.79 Å². The van der Waals surface area contributed by atoms with Gasteiger partial charge in [0.05, 0.1) is 5.75 Å². The Morgan fingerprint density at radius 2 is 2.24 bits per heavy atom. The second-order valence-electron chi connectivity index (χ2n) is 3.81.